The zero-order chi connectivity index (χ0) is 15.5. The lowest BCUT2D eigenvalue weighted by Crippen LogP contribution is -2.42. The maximum Gasteiger partial charge on any atom is 0.274 e. The van der Waals surface area contributed by atoms with Gasteiger partial charge in [-0.2, -0.15) is 0 Å². The summed E-state index contributed by atoms with van der Waals surface area (Å²) in [6.07, 6.45) is 4.77. The van der Waals surface area contributed by atoms with E-state index in [9.17, 15) is 4.79 Å². The van der Waals surface area contributed by atoms with E-state index < -0.39 is 0 Å². The van der Waals surface area contributed by atoms with Gasteiger partial charge in [0.25, 0.3) is 5.91 Å². The van der Waals surface area contributed by atoms with Crippen LogP contribution in [0.15, 0.2) is 30.7 Å². The van der Waals surface area contributed by atoms with Crippen molar-refractivity contribution in [3.05, 3.63) is 53.4 Å². The third kappa shape index (κ3) is 3.12. The van der Waals surface area contributed by atoms with E-state index >= 15 is 0 Å². The summed E-state index contributed by atoms with van der Waals surface area (Å²) >= 11 is 0. The predicted octanol–water partition coefficient (Wildman–Crippen LogP) is 1.70. The largest absolute Gasteiger partial charge is 0.370 e. The summed E-state index contributed by atoms with van der Waals surface area (Å²) in [5.41, 5.74) is 3.15. The van der Waals surface area contributed by atoms with E-state index in [2.05, 4.69) is 15.0 Å². The van der Waals surface area contributed by atoms with Gasteiger partial charge in [0.15, 0.2) is 0 Å². The molecule has 0 N–H and O–H groups in total. The monoisotopic (exact) mass is 298 g/mol. The van der Waals surface area contributed by atoms with E-state index in [4.69, 9.17) is 4.74 Å². The first-order valence-corrected chi connectivity index (χ1v) is 7.25. The van der Waals surface area contributed by atoms with Gasteiger partial charge in [0.1, 0.15) is 11.8 Å². The van der Waals surface area contributed by atoms with Crippen molar-refractivity contribution in [2.24, 2.45) is 0 Å². The molecule has 6 nitrogen and oxygen atoms in total. The molecule has 1 atom stereocenters. The molecule has 0 saturated carbocycles. The topological polar surface area (TPSA) is 68.2 Å². The van der Waals surface area contributed by atoms with Gasteiger partial charge >= 0.3 is 0 Å². The number of nitrogens with zero attached hydrogens (tertiary/aromatic N) is 4. The Morgan fingerprint density at radius 3 is 2.82 bits per heavy atom. The molecule has 3 rings (SSSR count). The standard InChI is InChI=1S/C16H18N4O2/c1-11-7-13(3-4-17-11)15-10-20(5-6-22-15)16(21)14-9-18-12(2)8-19-14/h3-4,7-9,15H,5-6,10H2,1-2H3/t15-/m1/s1. The first-order chi connectivity index (χ1) is 10.6. The number of ether oxygens (including phenoxy) is 1. The van der Waals surface area contributed by atoms with Crippen LogP contribution in [-0.4, -0.2) is 45.5 Å². The number of hydrogen-bond acceptors (Lipinski definition) is 5. The quantitative estimate of drug-likeness (QED) is 0.844. The Bertz CT molecular complexity index is 672. The predicted molar refractivity (Wildman–Crippen MR) is 80.3 cm³/mol. The molecule has 0 unspecified atom stereocenters. The Balaban J connectivity index is 1.75. The number of rotatable bonds is 2. The Morgan fingerprint density at radius 2 is 2.09 bits per heavy atom. The molecule has 1 saturated heterocycles. The fraction of sp³-hybridized carbons (Fsp3) is 0.375. The summed E-state index contributed by atoms with van der Waals surface area (Å²) in [6.45, 7) is 5.37. The number of pyridine rings is 1. The summed E-state index contributed by atoms with van der Waals surface area (Å²) in [6, 6.07) is 3.92. The Kier molecular flexibility index (Phi) is 4.11. The van der Waals surface area contributed by atoms with Crippen LogP contribution in [-0.2, 0) is 4.74 Å². The number of carbonyl (C=O) groups excluding carboxylic acids is 1. The van der Waals surface area contributed by atoms with Gasteiger partial charge in [0, 0.05) is 24.6 Å². The lowest BCUT2D eigenvalue weighted by atomic mass is 10.1. The SMILES string of the molecule is Cc1cnc(C(=O)N2CCO[C@@H](c3ccnc(C)c3)C2)cn1. The molecule has 0 bridgehead atoms. The highest BCUT2D eigenvalue weighted by atomic mass is 16.5. The lowest BCUT2D eigenvalue weighted by molar-refractivity contribution is -0.0230. The van der Waals surface area contributed by atoms with Crippen LogP contribution in [0.2, 0.25) is 0 Å². The van der Waals surface area contributed by atoms with E-state index in [0.29, 0.717) is 25.4 Å². The smallest absolute Gasteiger partial charge is 0.274 e. The molecule has 1 fully saturated rings. The summed E-state index contributed by atoms with van der Waals surface area (Å²) in [4.78, 5) is 26.8. The molecule has 3 heterocycles. The average Bonchev–Trinajstić information content (AvgIpc) is 2.55. The van der Waals surface area contributed by atoms with Crippen LogP contribution in [0.4, 0.5) is 0 Å². The first kappa shape index (κ1) is 14.6. The van der Waals surface area contributed by atoms with E-state index in [-0.39, 0.29) is 12.0 Å². The highest BCUT2D eigenvalue weighted by Gasteiger charge is 2.27. The Hall–Kier alpha value is -2.34. The van der Waals surface area contributed by atoms with Crippen molar-refractivity contribution >= 4 is 5.91 Å². The normalized spacial score (nSPS) is 18.3. The molecular formula is C16H18N4O2. The highest BCUT2D eigenvalue weighted by molar-refractivity contribution is 5.92. The molecular weight excluding hydrogens is 280 g/mol. The summed E-state index contributed by atoms with van der Waals surface area (Å²) in [5.74, 6) is -0.105. The number of aryl methyl sites for hydroxylation is 2. The third-order valence-electron chi connectivity index (χ3n) is 3.65. The minimum atomic E-state index is -0.127. The lowest BCUT2D eigenvalue weighted by Gasteiger charge is -2.33. The molecule has 0 aliphatic carbocycles. The van der Waals surface area contributed by atoms with E-state index in [1.165, 1.54) is 6.20 Å². The Morgan fingerprint density at radius 1 is 1.23 bits per heavy atom. The Labute approximate surface area is 129 Å². The molecule has 0 aromatic carbocycles. The van der Waals surface area contributed by atoms with Gasteiger partial charge < -0.3 is 9.64 Å². The molecule has 0 radical (unpaired) electrons. The number of aromatic nitrogens is 3. The number of carbonyl (C=O) groups is 1. The molecule has 0 spiro atoms. The maximum atomic E-state index is 12.5. The van der Waals surface area contributed by atoms with Gasteiger partial charge in [-0.3, -0.25) is 14.8 Å². The maximum absolute atomic E-state index is 12.5. The van der Waals surface area contributed by atoms with Crippen LogP contribution in [0.1, 0.15) is 33.5 Å². The van der Waals surface area contributed by atoms with Gasteiger partial charge in [-0.05, 0) is 31.5 Å². The molecule has 2 aromatic heterocycles. The molecule has 2 aromatic rings. The fourth-order valence-electron chi connectivity index (χ4n) is 2.47. The van der Waals surface area contributed by atoms with Gasteiger partial charge in [0.2, 0.25) is 0 Å². The number of morpholine rings is 1. The van der Waals surface area contributed by atoms with Crippen LogP contribution in [0, 0.1) is 13.8 Å². The zero-order valence-corrected chi connectivity index (χ0v) is 12.7. The fourth-order valence-corrected chi connectivity index (χ4v) is 2.47. The van der Waals surface area contributed by atoms with Crippen molar-refractivity contribution in [2.45, 2.75) is 20.0 Å². The van der Waals surface area contributed by atoms with Gasteiger partial charge in [-0.15, -0.1) is 0 Å². The molecule has 22 heavy (non-hydrogen) atoms. The number of amides is 1. The first-order valence-electron chi connectivity index (χ1n) is 7.25. The van der Waals surface area contributed by atoms with Gasteiger partial charge in [-0.1, -0.05) is 0 Å². The van der Waals surface area contributed by atoms with Crippen LogP contribution >= 0.6 is 0 Å². The van der Waals surface area contributed by atoms with Crippen LogP contribution in [0.3, 0.4) is 0 Å². The van der Waals surface area contributed by atoms with E-state index in [1.807, 2.05) is 26.0 Å². The second-order valence-electron chi connectivity index (χ2n) is 5.38. The summed E-state index contributed by atoms with van der Waals surface area (Å²) in [7, 11) is 0. The molecule has 1 aliphatic rings. The van der Waals surface area contributed by atoms with Crippen molar-refractivity contribution in [3.63, 3.8) is 0 Å². The van der Waals surface area contributed by atoms with Gasteiger partial charge in [0.05, 0.1) is 25.0 Å². The minimum absolute atomic E-state index is 0.105. The van der Waals surface area contributed by atoms with E-state index in [0.717, 1.165) is 17.0 Å². The van der Waals surface area contributed by atoms with Crippen LogP contribution < -0.4 is 0 Å². The van der Waals surface area contributed by atoms with Crippen molar-refractivity contribution < 1.29 is 9.53 Å². The van der Waals surface area contributed by atoms with E-state index in [1.54, 1.807) is 17.3 Å². The average molecular weight is 298 g/mol. The van der Waals surface area contributed by atoms with Crippen LogP contribution in [0.5, 0.6) is 0 Å². The minimum Gasteiger partial charge on any atom is -0.370 e. The molecule has 1 amide bonds. The summed E-state index contributed by atoms with van der Waals surface area (Å²) in [5, 5.41) is 0. The number of hydrogen-bond donors (Lipinski definition) is 0. The summed E-state index contributed by atoms with van der Waals surface area (Å²) < 4.78 is 5.80. The highest BCUT2D eigenvalue weighted by Crippen LogP contribution is 2.23. The van der Waals surface area contributed by atoms with Gasteiger partial charge in [-0.25, -0.2) is 4.98 Å². The van der Waals surface area contributed by atoms with Crippen molar-refractivity contribution in [1.29, 1.82) is 0 Å². The molecule has 114 valence electrons. The van der Waals surface area contributed by atoms with Crippen LogP contribution in [0.25, 0.3) is 0 Å². The third-order valence-corrected chi connectivity index (χ3v) is 3.65. The zero-order valence-electron chi connectivity index (χ0n) is 12.7. The second-order valence-corrected chi connectivity index (χ2v) is 5.38. The molecule has 1 aliphatic heterocycles. The van der Waals surface area contributed by atoms with Crippen molar-refractivity contribution in [2.75, 3.05) is 19.7 Å². The second kappa shape index (κ2) is 6.19. The van der Waals surface area contributed by atoms with Crippen molar-refractivity contribution in [3.8, 4) is 0 Å². The molecule has 6 heteroatoms. The van der Waals surface area contributed by atoms with Crippen molar-refractivity contribution in [1.82, 2.24) is 19.9 Å².